The number of carbonyl (C=O) groups is 1. The largest absolute Gasteiger partial charge is 0.340 e. The minimum Gasteiger partial charge on any atom is -0.340 e. The Hall–Kier alpha value is -2.29. The number of nitrogens with zero attached hydrogens (tertiary/aromatic N) is 3. The number of carbonyl (C=O) groups excluding carboxylic acids is 1. The maximum Gasteiger partial charge on any atom is 0.246 e. The second-order valence-electron chi connectivity index (χ2n) is 8.01. The molecule has 1 amide bonds. The van der Waals surface area contributed by atoms with Gasteiger partial charge >= 0.3 is 0 Å². The lowest BCUT2D eigenvalue weighted by molar-refractivity contribution is -0.126. The maximum absolute atomic E-state index is 12.6. The molecule has 1 aromatic carbocycles. The summed E-state index contributed by atoms with van der Waals surface area (Å²) in [6.45, 7) is 7.32. The number of hydrogen-bond acceptors (Lipinski definition) is 6. The van der Waals surface area contributed by atoms with Crippen LogP contribution in [0.2, 0.25) is 0 Å². The molecule has 0 atom stereocenters. The lowest BCUT2D eigenvalue weighted by atomic mass is 10.0. The van der Waals surface area contributed by atoms with Crippen LogP contribution in [0.4, 0.5) is 11.5 Å². The SMILES string of the molecule is CC(C)CNCC=CC(=O)N1CCc2c(sc3ncnc(Nc4cccc(Br)c4)c23)C1. The number of amides is 1. The first-order valence-electron chi connectivity index (χ1n) is 10.4. The highest BCUT2D eigenvalue weighted by molar-refractivity contribution is 9.10. The van der Waals surface area contributed by atoms with Crippen molar-refractivity contribution in [2.75, 3.05) is 25.0 Å². The number of aromatic nitrogens is 2. The van der Waals surface area contributed by atoms with E-state index in [-0.39, 0.29) is 5.91 Å². The van der Waals surface area contributed by atoms with Crippen LogP contribution in [0.1, 0.15) is 24.3 Å². The molecule has 0 saturated heterocycles. The first-order chi connectivity index (χ1) is 15.0. The predicted octanol–water partition coefficient (Wildman–Crippen LogP) is 4.88. The Morgan fingerprint density at radius 3 is 3.03 bits per heavy atom. The Kier molecular flexibility index (Phi) is 6.99. The highest BCUT2D eigenvalue weighted by Crippen LogP contribution is 2.38. The summed E-state index contributed by atoms with van der Waals surface area (Å²) in [5.74, 6) is 1.48. The van der Waals surface area contributed by atoms with Gasteiger partial charge in [0.05, 0.1) is 11.9 Å². The van der Waals surface area contributed by atoms with Gasteiger partial charge in [-0.2, -0.15) is 0 Å². The molecule has 0 bridgehead atoms. The molecule has 1 aliphatic heterocycles. The first-order valence-corrected chi connectivity index (χ1v) is 12.1. The van der Waals surface area contributed by atoms with Crippen molar-refractivity contribution in [3.63, 3.8) is 0 Å². The zero-order valence-electron chi connectivity index (χ0n) is 17.7. The minimum absolute atomic E-state index is 0.0630. The molecular formula is C23H26BrN5OS. The number of fused-ring (bicyclic) bond motifs is 3. The van der Waals surface area contributed by atoms with Gasteiger partial charge < -0.3 is 15.5 Å². The van der Waals surface area contributed by atoms with Crippen LogP contribution in [-0.2, 0) is 17.8 Å². The van der Waals surface area contributed by atoms with Crippen molar-refractivity contribution < 1.29 is 4.79 Å². The molecule has 8 heteroatoms. The molecule has 2 N–H and O–H groups in total. The van der Waals surface area contributed by atoms with Gasteiger partial charge in [-0.15, -0.1) is 11.3 Å². The maximum atomic E-state index is 12.6. The summed E-state index contributed by atoms with van der Waals surface area (Å²) in [4.78, 5) is 25.7. The number of rotatable bonds is 7. The zero-order chi connectivity index (χ0) is 21.8. The third-order valence-corrected chi connectivity index (χ3v) is 6.73. The molecule has 6 nitrogen and oxygen atoms in total. The van der Waals surface area contributed by atoms with Gasteiger partial charge in [-0.05, 0) is 42.6 Å². The molecular weight excluding hydrogens is 474 g/mol. The topological polar surface area (TPSA) is 70.2 Å². The number of halogens is 1. The Labute approximate surface area is 194 Å². The molecule has 0 spiro atoms. The van der Waals surface area contributed by atoms with Crippen LogP contribution in [-0.4, -0.2) is 40.4 Å². The third kappa shape index (κ3) is 5.31. The van der Waals surface area contributed by atoms with Crippen molar-refractivity contribution in [2.45, 2.75) is 26.8 Å². The molecule has 0 unspecified atom stereocenters. The molecule has 0 aliphatic carbocycles. The van der Waals surface area contributed by atoms with Gasteiger partial charge in [0.2, 0.25) is 5.91 Å². The standard InChI is InChI=1S/C23H26BrN5OS/c1-15(2)12-25-9-4-7-20(30)29-10-8-18-19(13-29)31-23-21(18)22(26-14-27-23)28-17-6-3-5-16(24)11-17/h3-7,11,14-15,25H,8-10,12-13H2,1-2H3,(H,26,27,28). The van der Waals surface area contributed by atoms with Crippen LogP contribution in [0.15, 0.2) is 47.2 Å². The lowest BCUT2D eigenvalue weighted by Gasteiger charge is -2.26. The van der Waals surface area contributed by atoms with Gasteiger partial charge in [-0.3, -0.25) is 4.79 Å². The molecule has 0 radical (unpaired) electrons. The van der Waals surface area contributed by atoms with Gasteiger partial charge in [0.1, 0.15) is 17.0 Å². The van der Waals surface area contributed by atoms with E-state index in [0.29, 0.717) is 25.6 Å². The molecule has 3 heterocycles. The summed E-state index contributed by atoms with van der Waals surface area (Å²) in [5, 5.41) is 7.83. The van der Waals surface area contributed by atoms with Crippen LogP contribution in [0.3, 0.4) is 0 Å². The van der Waals surface area contributed by atoms with Gasteiger partial charge in [0.25, 0.3) is 0 Å². The van der Waals surface area contributed by atoms with Gasteiger partial charge in [-0.1, -0.05) is 41.9 Å². The fraction of sp³-hybridized carbons (Fsp3) is 0.348. The Morgan fingerprint density at radius 2 is 2.23 bits per heavy atom. The number of nitrogens with one attached hydrogen (secondary N) is 2. The summed E-state index contributed by atoms with van der Waals surface area (Å²) < 4.78 is 1.01. The van der Waals surface area contributed by atoms with Crippen LogP contribution < -0.4 is 10.6 Å². The van der Waals surface area contributed by atoms with Gasteiger partial charge in [-0.25, -0.2) is 9.97 Å². The minimum atomic E-state index is 0.0630. The van der Waals surface area contributed by atoms with E-state index in [0.717, 1.165) is 39.2 Å². The van der Waals surface area contributed by atoms with Crippen molar-refractivity contribution in [1.82, 2.24) is 20.2 Å². The van der Waals surface area contributed by atoms with E-state index in [1.54, 1.807) is 23.7 Å². The zero-order valence-corrected chi connectivity index (χ0v) is 20.1. The van der Waals surface area contributed by atoms with E-state index in [1.165, 1.54) is 10.4 Å². The number of benzene rings is 1. The van der Waals surface area contributed by atoms with Crippen LogP contribution >= 0.6 is 27.3 Å². The monoisotopic (exact) mass is 499 g/mol. The second kappa shape index (κ2) is 9.89. The van der Waals surface area contributed by atoms with E-state index in [2.05, 4.69) is 50.4 Å². The predicted molar refractivity (Wildman–Crippen MR) is 131 cm³/mol. The van der Waals surface area contributed by atoms with E-state index in [9.17, 15) is 4.79 Å². The molecule has 162 valence electrons. The number of hydrogen-bond donors (Lipinski definition) is 2. The Balaban J connectivity index is 1.49. The quantitative estimate of drug-likeness (QED) is 0.357. The van der Waals surface area contributed by atoms with Crippen LogP contribution in [0, 0.1) is 5.92 Å². The Bertz CT molecular complexity index is 1110. The van der Waals surface area contributed by atoms with Gasteiger partial charge in [0.15, 0.2) is 0 Å². The van der Waals surface area contributed by atoms with Gasteiger partial charge in [0, 0.05) is 34.2 Å². The Morgan fingerprint density at radius 1 is 1.35 bits per heavy atom. The lowest BCUT2D eigenvalue weighted by Crippen LogP contribution is -2.34. The summed E-state index contributed by atoms with van der Waals surface area (Å²) in [7, 11) is 0. The molecule has 0 saturated carbocycles. The van der Waals surface area contributed by atoms with E-state index < -0.39 is 0 Å². The second-order valence-corrected chi connectivity index (χ2v) is 10.0. The van der Waals surface area contributed by atoms with Crippen LogP contribution in [0.5, 0.6) is 0 Å². The third-order valence-electron chi connectivity index (χ3n) is 5.11. The first kappa shape index (κ1) is 21.9. The van der Waals surface area contributed by atoms with Crippen molar-refractivity contribution in [2.24, 2.45) is 5.92 Å². The summed E-state index contributed by atoms with van der Waals surface area (Å²) in [5.41, 5.74) is 2.22. The number of anilines is 2. The van der Waals surface area contributed by atoms with Crippen molar-refractivity contribution in [3.8, 4) is 0 Å². The summed E-state index contributed by atoms with van der Waals surface area (Å²) in [6, 6.07) is 8.02. The smallest absolute Gasteiger partial charge is 0.246 e. The van der Waals surface area contributed by atoms with Crippen molar-refractivity contribution >= 4 is 54.9 Å². The highest BCUT2D eigenvalue weighted by atomic mass is 79.9. The van der Waals surface area contributed by atoms with E-state index in [1.807, 2.05) is 35.2 Å². The number of thiophene rings is 1. The normalized spacial score (nSPS) is 13.9. The van der Waals surface area contributed by atoms with Crippen molar-refractivity contribution in [1.29, 1.82) is 0 Å². The average molecular weight is 500 g/mol. The fourth-order valence-electron chi connectivity index (χ4n) is 3.63. The van der Waals surface area contributed by atoms with Crippen molar-refractivity contribution in [3.05, 3.63) is 57.7 Å². The fourth-order valence-corrected chi connectivity index (χ4v) is 5.24. The van der Waals surface area contributed by atoms with E-state index in [4.69, 9.17) is 0 Å². The molecule has 1 aliphatic rings. The van der Waals surface area contributed by atoms with Crippen LogP contribution in [0.25, 0.3) is 10.2 Å². The molecule has 3 aromatic rings. The molecule has 2 aromatic heterocycles. The summed E-state index contributed by atoms with van der Waals surface area (Å²) >= 11 is 5.17. The molecule has 31 heavy (non-hydrogen) atoms. The highest BCUT2D eigenvalue weighted by Gasteiger charge is 2.25. The molecule has 4 rings (SSSR count). The average Bonchev–Trinajstić information content (AvgIpc) is 3.12. The molecule has 0 fully saturated rings. The summed E-state index contributed by atoms with van der Waals surface area (Å²) in [6.07, 6.45) is 6.00. The van der Waals surface area contributed by atoms with E-state index >= 15 is 0 Å².